The lowest BCUT2D eigenvalue weighted by Gasteiger charge is -2.37. The van der Waals surface area contributed by atoms with E-state index in [9.17, 15) is 0 Å². The van der Waals surface area contributed by atoms with Gasteiger partial charge in [-0.15, -0.1) is 5.10 Å². The van der Waals surface area contributed by atoms with Crippen LogP contribution in [0, 0.1) is 5.82 Å². The van der Waals surface area contributed by atoms with Crippen LogP contribution >= 0.6 is 11.8 Å². The number of nitrogens with two attached hydrogens (primary N) is 1. The topological polar surface area (TPSA) is 113 Å². The maximum absolute atomic E-state index is 15.0. The maximum Gasteiger partial charge on any atom is 0.225 e. The van der Waals surface area contributed by atoms with Crippen LogP contribution in [0.15, 0.2) is 45.9 Å². The van der Waals surface area contributed by atoms with Crippen molar-refractivity contribution in [1.29, 1.82) is 0 Å². The highest BCUT2D eigenvalue weighted by Crippen LogP contribution is 2.40. The van der Waals surface area contributed by atoms with Gasteiger partial charge in [0.1, 0.15) is 17.7 Å². The standard InChI is InChI=1S/C27H32FN9O2S/c28-20-16-19(39-18-5-7-30-8-6-18)3-4-21(20)35-12-9-34(10-13-35)11-14-36-17-40-23-25(36)32-27(29)37-26(23)31-24(33-37)22-2-1-15-38-22/h1-4,15-16,18,30H,5-14,17H2,(H2,29,32). The van der Waals surface area contributed by atoms with Gasteiger partial charge in [0.2, 0.25) is 11.8 Å². The van der Waals surface area contributed by atoms with Crippen molar-refractivity contribution in [2.24, 2.45) is 0 Å². The Morgan fingerprint density at radius 1 is 1.10 bits per heavy atom. The third-order valence-corrected chi connectivity index (χ3v) is 8.86. The molecule has 13 heteroatoms. The predicted molar refractivity (Wildman–Crippen MR) is 153 cm³/mol. The number of halogens is 1. The number of nitrogens with one attached hydrogen (secondary N) is 1. The van der Waals surface area contributed by atoms with Crippen molar-refractivity contribution in [3.05, 3.63) is 42.4 Å². The number of furan rings is 1. The molecule has 0 saturated carbocycles. The largest absolute Gasteiger partial charge is 0.490 e. The Kier molecular flexibility index (Phi) is 6.86. The minimum Gasteiger partial charge on any atom is -0.490 e. The number of fused-ring (bicyclic) bond motifs is 3. The lowest BCUT2D eigenvalue weighted by Crippen LogP contribution is -2.48. The van der Waals surface area contributed by atoms with Crippen LogP contribution in [0.1, 0.15) is 12.8 Å². The fourth-order valence-corrected chi connectivity index (χ4v) is 6.65. The third-order valence-electron chi connectivity index (χ3n) is 7.76. The van der Waals surface area contributed by atoms with E-state index in [2.05, 4.69) is 35.1 Å². The number of benzene rings is 1. The van der Waals surface area contributed by atoms with E-state index in [4.69, 9.17) is 14.9 Å². The Morgan fingerprint density at radius 3 is 2.73 bits per heavy atom. The van der Waals surface area contributed by atoms with Gasteiger partial charge in [0.05, 0.1) is 22.7 Å². The summed E-state index contributed by atoms with van der Waals surface area (Å²) in [6.45, 7) is 6.88. The quantitative estimate of drug-likeness (QED) is 0.345. The van der Waals surface area contributed by atoms with Crippen LogP contribution in [-0.4, -0.2) is 88.8 Å². The van der Waals surface area contributed by atoms with Crippen molar-refractivity contribution in [2.45, 2.75) is 23.8 Å². The minimum atomic E-state index is -0.218. The summed E-state index contributed by atoms with van der Waals surface area (Å²) in [6.07, 6.45) is 3.66. The number of ether oxygens (including phenoxy) is 1. The molecule has 3 aliphatic heterocycles. The zero-order valence-corrected chi connectivity index (χ0v) is 22.9. The van der Waals surface area contributed by atoms with Gasteiger partial charge in [0.25, 0.3) is 0 Å². The van der Waals surface area contributed by atoms with Gasteiger partial charge in [-0.1, -0.05) is 11.8 Å². The van der Waals surface area contributed by atoms with Crippen molar-refractivity contribution >= 4 is 34.9 Å². The molecule has 4 aromatic rings. The maximum atomic E-state index is 15.0. The second kappa shape index (κ2) is 10.8. The van der Waals surface area contributed by atoms with E-state index in [1.54, 1.807) is 22.5 Å². The first-order valence-electron chi connectivity index (χ1n) is 13.7. The molecule has 0 radical (unpaired) electrons. The summed E-state index contributed by atoms with van der Waals surface area (Å²) in [4.78, 5) is 17.1. The van der Waals surface area contributed by atoms with Crippen molar-refractivity contribution in [3.63, 3.8) is 0 Å². The van der Waals surface area contributed by atoms with Gasteiger partial charge in [-0.3, -0.25) is 4.90 Å². The molecule has 40 heavy (non-hydrogen) atoms. The molecule has 2 fully saturated rings. The third kappa shape index (κ3) is 4.93. The highest BCUT2D eigenvalue weighted by molar-refractivity contribution is 8.00. The number of piperidine rings is 1. The van der Waals surface area contributed by atoms with Crippen LogP contribution in [0.4, 0.5) is 21.8 Å². The Balaban J connectivity index is 0.956. The van der Waals surface area contributed by atoms with E-state index in [-0.39, 0.29) is 11.9 Å². The normalized spacial score (nSPS) is 18.5. The predicted octanol–water partition coefficient (Wildman–Crippen LogP) is 2.93. The lowest BCUT2D eigenvalue weighted by atomic mass is 10.1. The van der Waals surface area contributed by atoms with Crippen LogP contribution in [0.2, 0.25) is 0 Å². The summed E-state index contributed by atoms with van der Waals surface area (Å²) in [5.41, 5.74) is 7.61. The van der Waals surface area contributed by atoms with Crippen molar-refractivity contribution < 1.29 is 13.5 Å². The first kappa shape index (κ1) is 25.4. The zero-order chi connectivity index (χ0) is 27.1. The molecule has 0 aliphatic carbocycles. The van der Waals surface area contributed by atoms with Crippen LogP contribution < -0.4 is 25.6 Å². The molecule has 0 spiro atoms. The van der Waals surface area contributed by atoms with Crippen LogP contribution in [0.25, 0.3) is 17.2 Å². The van der Waals surface area contributed by atoms with Gasteiger partial charge in [-0.05, 0) is 50.2 Å². The fraction of sp³-hybridized carbons (Fsp3) is 0.444. The van der Waals surface area contributed by atoms with E-state index in [1.165, 1.54) is 6.07 Å². The van der Waals surface area contributed by atoms with Gasteiger partial charge in [0.15, 0.2) is 17.2 Å². The number of anilines is 3. The summed E-state index contributed by atoms with van der Waals surface area (Å²) in [6, 6.07) is 8.93. The highest BCUT2D eigenvalue weighted by Gasteiger charge is 2.29. The van der Waals surface area contributed by atoms with Crippen molar-refractivity contribution in [3.8, 4) is 17.3 Å². The number of aromatic nitrogens is 4. The average molecular weight is 566 g/mol. The Bertz CT molecular complexity index is 1480. The van der Waals surface area contributed by atoms with Gasteiger partial charge < -0.3 is 30.0 Å². The van der Waals surface area contributed by atoms with Crippen LogP contribution in [0.3, 0.4) is 0 Å². The van der Waals surface area contributed by atoms with E-state index in [1.807, 2.05) is 24.3 Å². The van der Waals surface area contributed by atoms with Crippen molar-refractivity contribution in [2.75, 3.05) is 73.8 Å². The summed E-state index contributed by atoms with van der Waals surface area (Å²) < 4.78 is 28.1. The molecule has 0 bridgehead atoms. The summed E-state index contributed by atoms with van der Waals surface area (Å²) >= 11 is 1.69. The molecule has 0 unspecified atom stereocenters. The molecule has 2 saturated heterocycles. The molecule has 11 nitrogen and oxygen atoms in total. The van der Waals surface area contributed by atoms with Crippen LogP contribution in [0.5, 0.6) is 5.75 Å². The molecule has 0 atom stereocenters. The molecule has 210 valence electrons. The Morgan fingerprint density at radius 2 is 1.95 bits per heavy atom. The number of hydrogen-bond donors (Lipinski definition) is 2. The van der Waals surface area contributed by atoms with E-state index in [0.717, 1.165) is 81.8 Å². The SMILES string of the molecule is Nc1nc2c(c3nc(-c4ccco4)nn13)SCN2CCN1CCN(c2ccc(OC3CCNCC3)cc2F)CC1. The average Bonchev–Trinajstić information content (AvgIpc) is 3.73. The summed E-state index contributed by atoms with van der Waals surface area (Å²) in [5.74, 6) is 3.41. The van der Waals surface area contributed by atoms with E-state index in [0.29, 0.717) is 34.6 Å². The Hall–Kier alpha value is -3.55. The number of hydrogen-bond acceptors (Lipinski definition) is 11. The molecule has 7 rings (SSSR count). The molecule has 0 amide bonds. The minimum absolute atomic E-state index is 0.157. The summed E-state index contributed by atoms with van der Waals surface area (Å²) in [5, 5.41) is 7.81. The van der Waals surface area contributed by atoms with Gasteiger partial charge in [-0.25, -0.2) is 9.37 Å². The van der Waals surface area contributed by atoms with Gasteiger partial charge in [0, 0.05) is 45.3 Å². The Labute approximate surface area is 235 Å². The molecule has 3 aliphatic rings. The molecule has 3 N–H and O–H groups in total. The molecular weight excluding hydrogens is 533 g/mol. The number of nitrogen functional groups attached to an aromatic ring is 1. The van der Waals surface area contributed by atoms with Gasteiger partial charge in [-0.2, -0.15) is 9.50 Å². The number of piperazine rings is 1. The second-order valence-corrected chi connectivity index (χ2v) is 11.3. The molecule has 3 aromatic heterocycles. The number of nitrogens with zero attached hydrogens (tertiary/aromatic N) is 7. The van der Waals surface area contributed by atoms with E-state index < -0.39 is 0 Å². The first-order valence-corrected chi connectivity index (χ1v) is 14.7. The fourth-order valence-electron chi connectivity index (χ4n) is 5.55. The lowest BCUT2D eigenvalue weighted by molar-refractivity contribution is 0.162. The first-order chi connectivity index (χ1) is 19.6. The molecule has 6 heterocycles. The highest BCUT2D eigenvalue weighted by atomic mass is 32.2. The van der Waals surface area contributed by atoms with Crippen LogP contribution in [-0.2, 0) is 0 Å². The molecular formula is C27H32FN9O2S. The smallest absolute Gasteiger partial charge is 0.225 e. The van der Waals surface area contributed by atoms with Crippen molar-refractivity contribution in [1.82, 2.24) is 29.8 Å². The number of rotatable bonds is 7. The van der Waals surface area contributed by atoms with Gasteiger partial charge >= 0.3 is 0 Å². The summed E-state index contributed by atoms with van der Waals surface area (Å²) in [7, 11) is 0. The molecule has 1 aromatic carbocycles. The number of thioether (sulfide) groups is 1. The van der Waals surface area contributed by atoms with E-state index >= 15 is 4.39 Å². The second-order valence-electron chi connectivity index (χ2n) is 10.3. The zero-order valence-electron chi connectivity index (χ0n) is 22.1. The monoisotopic (exact) mass is 565 g/mol.